The van der Waals surface area contributed by atoms with Gasteiger partial charge in [-0.1, -0.05) is 6.07 Å². The van der Waals surface area contributed by atoms with Crippen LogP contribution < -0.4 is 4.31 Å². The molecule has 4 nitrogen and oxygen atoms in total. The van der Waals surface area contributed by atoms with Gasteiger partial charge in [-0.25, -0.2) is 12.8 Å². The Morgan fingerprint density at radius 3 is 2.59 bits per heavy atom. The van der Waals surface area contributed by atoms with Crippen molar-refractivity contribution >= 4 is 15.7 Å². The number of halogens is 1. The molecule has 6 heteroatoms. The van der Waals surface area contributed by atoms with Crippen LogP contribution >= 0.6 is 0 Å². The van der Waals surface area contributed by atoms with Gasteiger partial charge in [0.05, 0.1) is 12.3 Å². The molecule has 0 aliphatic rings. The van der Waals surface area contributed by atoms with Crippen molar-refractivity contribution in [1.82, 2.24) is 0 Å². The average Bonchev–Trinajstić information content (AvgIpc) is 2.28. The molecule has 0 saturated heterocycles. The maximum atomic E-state index is 13.1. The molecule has 0 bridgehead atoms. The molecule has 1 N–H and O–H groups in total. The van der Waals surface area contributed by atoms with Gasteiger partial charge < -0.3 is 5.11 Å². The van der Waals surface area contributed by atoms with Crippen LogP contribution in [-0.2, 0) is 10.0 Å². The van der Waals surface area contributed by atoms with E-state index >= 15 is 0 Å². The summed E-state index contributed by atoms with van der Waals surface area (Å²) in [4.78, 5) is 0. The van der Waals surface area contributed by atoms with Crippen LogP contribution in [0.4, 0.5) is 10.1 Å². The van der Waals surface area contributed by atoms with Crippen LogP contribution in [0.5, 0.6) is 0 Å². The molecular weight excluding hydrogens is 245 g/mol. The Morgan fingerprint density at radius 1 is 1.47 bits per heavy atom. The second-order valence-electron chi connectivity index (χ2n) is 3.68. The Balaban J connectivity index is 3.16. The van der Waals surface area contributed by atoms with Crippen molar-refractivity contribution in [3.8, 4) is 0 Å². The first-order valence-electron chi connectivity index (χ1n) is 5.31. The first-order chi connectivity index (χ1) is 7.93. The van der Waals surface area contributed by atoms with E-state index in [2.05, 4.69) is 0 Å². The summed E-state index contributed by atoms with van der Waals surface area (Å²) in [5, 5.41) is 8.03. The zero-order chi connectivity index (χ0) is 13.1. The molecule has 0 radical (unpaired) electrons. The first kappa shape index (κ1) is 13.9. The largest absolute Gasteiger partial charge is 0.395 e. The molecule has 0 aliphatic heterocycles. The lowest BCUT2D eigenvalue weighted by molar-refractivity contribution is 0.295. The van der Waals surface area contributed by atoms with Gasteiger partial charge >= 0.3 is 0 Å². The molecule has 1 unspecified atom stereocenters. The van der Waals surface area contributed by atoms with Gasteiger partial charge in [0.1, 0.15) is 11.1 Å². The van der Waals surface area contributed by atoms with Crippen molar-refractivity contribution in [2.24, 2.45) is 0 Å². The summed E-state index contributed by atoms with van der Waals surface area (Å²) in [6.07, 6.45) is 0. The monoisotopic (exact) mass is 261 g/mol. The van der Waals surface area contributed by atoms with Crippen molar-refractivity contribution in [3.05, 3.63) is 30.1 Å². The van der Waals surface area contributed by atoms with E-state index < -0.39 is 27.7 Å². The molecule has 1 rings (SSSR count). The summed E-state index contributed by atoms with van der Waals surface area (Å²) < 4.78 is 38.3. The minimum Gasteiger partial charge on any atom is -0.395 e. The van der Waals surface area contributed by atoms with Crippen molar-refractivity contribution in [1.29, 1.82) is 0 Å². The van der Waals surface area contributed by atoms with Gasteiger partial charge in [-0.15, -0.1) is 0 Å². The highest BCUT2D eigenvalue weighted by atomic mass is 32.2. The fourth-order valence-corrected chi connectivity index (χ4v) is 2.84. The molecular formula is C11H16FNO3S. The van der Waals surface area contributed by atoms with E-state index in [0.29, 0.717) is 0 Å². The zero-order valence-corrected chi connectivity index (χ0v) is 10.6. The van der Waals surface area contributed by atoms with Crippen LogP contribution in [0.3, 0.4) is 0 Å². The number of hydrogen-bond donors (Lipinski definition) is 1. The van der Waals surface area contributed by atoms with Crippen LogP contribution in [0, 0.1) is 5.82 Å². The molecule has 0 heterocycles. The summed E-state index contributed by atoms with van der Waals surface area (Å²) in [6, 6.07) is 5.38. The van der Waals surface area contributed by atoms with Gasteiger partial charge in [-0.3, -0.25) is 4.31 Å². The maximum Gasteiger partial charge on any atom is 0.240 e. The topological polar surface area (TPSA) is 57.6 Å². The second-order valence-corrected chi connectivity index (χ2v) is 5.96. The Hall–Kier alpha value is -1.14. The maximum absolute atomic E-state index is 13.1. The highest BCUT2D eigenvalue weighted by molar-refractivity contribution is 7.93. The summed E-state index contributed by atoms with van der Waals surface area (Å²) in [6.45, 7) is 2.80. The quantitative estimate of drug-likeness (QED) is 0.870. The number of nitrogens with zero attached hydrogens (tertiary/aromatic N) is 1. The van der Waals surface area contributed by atoms with E-state index in [0.717, 1.165) is 10.4 Å². The van der Waals surface area contributed by atoms with Crippen molar-refractivity contribution in [2.75, 3.05) is 17.5 Å². The fourth-order valence-electron chi connectivity index (χ4n) is 1.45. The average molecular weight is 261 g/mol. The second kappa shape index (κ2) is 5.46. The summed E-state index contributed by atoms with van der Waals surface area (Å²) in [5.74, 6) is -0.493. The third-order valence-corrected chi connectivity index (χ3v) is 4.71. The molecule has 0 amide bonds. The van der Waals surface area contributed by atoms with E-state index in [1.54, 1.807) is 6.92 Å². The summed E-state index contributed by atoms with van der Waals surface area (Å²) in [5.41, 5.74) is 0.271. The smallest absolute Gasteiger partial charge is 0.240 e. The highest BCUT2D eigenvalue weighted by Crippen LogP contribution is 2.21. The lowest BCUT2D eigenvalue weighted by atomic mass is 10.3. The molecule has 1 atom stereocenters. The third-order valence-electron chi connectivity index (χ3n) is 2.46. The van der Waals surface area contributed by atoms with Crippen LogP contribution in [-0.4, -0.2) is 31.9 Å². The van der Waals surface area contributed by atoms with Gasteiger partial charge in [0.25, 0.3) is 0 Å². The summed E-state index contributed by atoms with van der Waals surface area (Å²) >= 11 is 0. The molecule has 1 aromatic rings. The Labute approximate surface area is 101 Å². The number of anilines is 1. The van der Waals surface area contributed by atoms with Crippen LogP contribution in [0.2, 0.25) is 0 Å². The van der Waals surface area contributed by atoms with Gasteiger partial charge in [0, 0.05) is 6.54 Å². The number of aliphatic hydroxyl groups is 1. The highest BCUT2D eigenvalue weighted by Gasteiger charge is 2.27. The lowest BCUT2D eigenvalue weighted by Crippen LogP contribution is -2.39. The summed E-state index contributed by atoms with van der Waals surface area (Å²) in [7, 11) is -3.65. The third kappa shape index (κ3) is 2.95. The SMILES string of the molecule is CCN(c1cccc(F)c1)S(=O)(=O)C(C)CO. The number of aliphatic hydroxyl groups excluding tert-OH is 1. The predicted octanol–water partition coefficient (Wildman–Crippen LogP) is 1.36. The molecule has 0 aliphatic carbocycles. The first-order valence-corrected chi connectivity index (χ1v) is 6.81. The number of sulfonamides is 1. The molecule has 96 valence electrons. The van der Waals surface area contributed by atoms with Gasteiger partial charge in [-0.2, -0.15) is 0 Å². The Bertz CT molecular complexity index is 475. The molecule has 0 saturated carbocycles. The van der Waals surface area contributed by atoms with Gasteiger partial charge in [0.15, 0.2) is 0 Å². The number of rotatable bonds is 5. The number of hydrogen-bond acceptors (Lipinski definition) is 3. The van der Waals surface area contributed by atoms with Crippen molar-refractivity contribution in [2.45, 2.75) is 19.1 Å². The minimum atomic E-state index is -3.65. The van der Waals surface area contributed by atoms with Crippen molar-refractivity contribution < 1.29 is 17.9 Å². The predicted molar refractivity (Wildman–Crippen MR) is 64.9 cm³/mol. The number of benzene rings is 1. The van der Waals surface area contributed by atoms with Crippen molar-refractivity contribution in [3.63, 3.8) is 0 Å². The van der Waals surface area contributed by atoms with E-state index in [1.165, 1.54) is 25.1 Å². The van der Waals surface area contributed by atoms with E-state index in [4.69, 9.17) is 5.11 Å². The van der Waals surface area contributed by atoms with E-state index in [1.807, 2.05) is 0 Å². The van der Waals surface area contributed by atoms with Crippen LogP contribution in [0.1, 0.15) is 13.8 Å². The zero-order valence-electron chi connectivity index (χ0n) is 9.80. The Kier molecular flexibility index (Phi) is 4.47. The van der Waals surface area contributed by atoms with E-state index in [9.17, 15) is 12.8 Å². The van der Waals surface area contributed by atoms with Gasteiger partial charge in [-0.05, 0) is 32.0 Å². The molecule has 0 aromatic heterocycles. The fraction of sp³-hybridized carbons (Fsp3) is 0.455. The lowest BCUT2D eigenvalue weighted by Gasteiger charge is -2.25. The standard InChI is InChI=1S/C11H16FNO3S/c1-3-13(17(15,16)9(2)8-14)11-6-4-5-10(12)7-11/h4-7,9,14H,3,8H2,1-2H3. The normalized spacial score (nSPS) is 13.4. The molecule has 0 fully saturated rings. The molecule has 1 aromatic carbocycles. The van der Waals surface area contributed by atoms with E-state index in [-0.39, 0.29) is 12.2 Å². The van der Waals surface area contributed by atoms with Gasteiger partial charge in [0.2, 0.25) is 10.0 Å². The Morgan fingerprint density at radius 2 is 2.12 bits per heavy atom. The van der Waals surface area contributed by atoms with Crippen LogP contribution in [0.15, 0.2) is 24.3 Å². The van der Waals surface area contributed by atoms with Crippen LogP contribution in [0.25, 0.3) is 0 Å². The molecule has 0 spiro atoms. The minimum absolute atomic E-state index is 0.191. The molecule has 17 heavy (non-hydrogen) atoms.